The second-order valence-electron chi connectivity index (χ2n) is 6.56. The van der Waals surface area contributed by atoms with Gasteiger partial charge in [-0.05, 0) is 49.6 Å². The van der Waals surface area contributed by atoms with E-state index < -0.39 is 10.0 Å². The van der Waals surface area contributed by atoms with Crippen molar-refractivity contribution in [3.05, 3.63) is 95.1 Å². The Labute approximate surface area is 156 Å². The van der Waals surface area contributed by atoms with E-state index in [1.807, 2.05) is 93.6 Å². The molecule has 26 heavy (non-hydrogen) atoms. The Hall–Kier alpha value is -2.59. The molecule has 0 aliphatic carbocycles. The quantitative estimate of drug-likeness (QED) is 0.637. The van der Waals surface area contributed by atoms with Gasteiger partial charge in [-0.2, -0.15) is 0 Å². The molecule has 0 spiro atoms. The summed E-state index contributed by atoms with van der Waals surface area (Å²) in [6.07, 6.45) is 0. The van der Waals surface area contributed by atoms with Crippen molar-refractivity contribution in [2.24, 2.45) is 0 Å². The van der Waals surface area contributed by atoms with Crippen molar-refractivity contribution in [1.82, 2.24) is 0 Å². The molecule has 0 N–H and O–H groups in total. The summed E-state index contributed by atoms with van der Waals surface area (Å²) in [6, 6.07) is 22.8. The average Bonchev–Trinajstić information content (AvgIpc) is 2.60. The Morgan fingerprint density at radius 2 is 1.27 bits per heavy atom. The molecular weight excluding hydrogens is 342 g/mol. The van der Waals surface area contributed by atoms with Gasteiger partial charge in [-0.25, -0.2) is 8.42 Å². The molecule has 3 aromatic rings. The molecule has 134 valence electrons. The number of nitrogens with zero attached hydrogens (tertiary/aromatic N) is 1. The third-order valence-corrected chi connectivity index (χ3v) is 6.45. The molecule has 0 fully saturated rings. The highest BCUT2D eigenvalue weighted by Crippen LogP contribution is 2.30. The van der Waals surface area contributed by atoms with Crippen molar-refractivity contribution in [3.8, 4) is 0 Å². The first-order chi connectivity index (χ1) is 12.4. The fourth-order valence-electron chi connectivity index (χ4n) is 3.34. The third kappa shape index (κ3) is 3.65. The van der Waals surface area contributed by atoms with Gasteiger partial charge in [0.25, 0.3) is 10.0 Å². The number of aryl methyl sites for hydroxylation is 3. The summed E-state index contributed by atoms with van der Waals surface area (Å²) in [5, 5.41) is 0. The van der Waals surface area contributed by atoms with Gasteiger partial charge in [0.05, 0.1) is 17.1 Å². The van der Waals surface area contributed by atoms with E-state index in [4.69, 9.17) is 0 Å². The summed E-state index contributed by atoms with van der Waals surface area (Å²) in [5.41, 5.74) is 4.22. The highest BCUT2D eigenvalue weighted by Gasteiger charge is 2.28. The molecular formula is C22H23NO2S. The van der Waals surface area contributed by atoms with Gasteiger partial charge < -0.3 is 0 Å². The number of para-hydroxylation sites is 1. The first-order valence-electron chi connectivity index (χ1n) is 8.59. The van der Waals surface area contributed by atoms with Crippen molar-refractivity contribution in [2.75, 3.05) is 4.31 Å². The molecule has 0 aromatic heterocycles. The molecule has 0 aliphatic heterocycles. The van der Waals surface area contributed by atoms with Crippen molar-refractivity contribution in [1.29, 1.82) is 0 Å². The van der Waals surface area contributed by atoms with E-state index in [1.54, 1.807) is 0 Å². The summed E-state index contributed by atoms with van der Waals surface area (Å²) in [5.74, 6) is 0. The first-order valence-corrected chi connectivity index (χ1v) is 10.0. The van der Waals surface area contributed by atoms with E-state index in [9.17, 15) is 8.42 Å². The largest absolute Gasteiger partial charge is 0.265 e. The maximum atomic E-state index is 13.6. The second kappa shape index (κ2) is 7.34. The zero-order valence-electron chi connectivity index (χ0n) is 15.3. The maximum absolute atomic E-state index is 13.6. The van der Waals surface area contributed by atoms with Crippen LogP contribution in [0.15, 0.2) is 77.7 Å². The predicted molar refractivity (Wildman–Crippen MR) is 107 cm³/mol. The smallest absolute Gasteiger partial charge is 0.262 e. The molecule has 0 aliphatic rings. The van der Waals surface area contributed by atoms with Gasteiger partial charge in [0.15, 0.2) is 0 Å². The minimum atomic E-state index is -3.70. The van der Waals surface area contributed by atoms with E-state index in [-0.39, 0.29) is 0 Å². The number of rotatable bonds is 5. The molecule has 0 radical (unpaired) electrons. The van der Waals surface area contributed by atoms with Crippen LogP contribution in [0.2, 0.25) is 0 Å². The normalized spacial score (nSPS) is 11.3. The van der Waals surface area contributed by atoms with Gasteiger partial charge in [-0.15, -0.1) is 0 Å². The number of sulfonamides is 1. The summed E-state index contributed by atoms with van der Waals surface area (Å²) in [7, 11) is -3.70. The number of benzene rings is 3. The molecule has 0 atom stereocenters. The van der Waals surface area contributed by atoms with Crippen molar-refractivity contribution >= 4 is 15.7 Å². The lowest BCUT2D eigenvalue weighted by Crippen LogP contribution is -2.31. The molecule has 3 rings (SSSR count). The van der Waals surface area contributed by atoms with Gasteiger partial charge in [0, 0.05) is 0 Å². The number of hydrogen-bond acceptors (Lipinski definition) is 2. The topological polar surface area (TPSA) is 37.4 Å². The van der Waals surface area contributed by atoms with E-state index in [0.29, 0.717) is 17.1 Å². The van der Waals surface area contributed by atoms with Gasteiger partial charge in [0.2, 0.25) is 0 Å². The lowest BCUT2D eigenvalue weighted by atomic mass is 10.1. The Morgan fingerprint density at radius 1 is 0.769 bits per heavy atom. The van der Waals surface area contributed by atoms with Crippen LogP contribution in [0.4, 0.5) is 5.69 Å². The monoisotopic (exact) mass is 365 g/mol. The maximum Gasteiger partial charge on any atom is 0.265 e. The summed E-state index contributed by atoms with van der Waals surface area (Å²) in [4.78, 5) is 0.392. The fourth-order valence-corrected chi connectivity index (χ4v) is 5.21. The van der Waals surface area contributed by atoms with Crippen LogP contribution in [-0.4, -0.2) is 8.42 Å². The Morgan fingerprint density at radius 3 is 1.81 bits per heavy atom. The van der Waals surface area contributed by atoms with Crippen LogP contribution in [0.3, 0.4) is 0 Å². The molecule has 3 nitrogen and oxygen atoms in total. The van der Waals surface area contributed by atoms with Gasteiger partial charge >= 0.3 is 0 Å². The molecule has 4 heteroatoms. The molecule has 0 saturated heterocycles. The Kier molecular flexibility index (Phi) is 5.14. The van der Waals surface area contributed by atoms with Gasteiger partial charge in [0.1, 0.15) is 0 Å². The minimum absolute atomic E-state index is 0.292. The highest BCUT2D eigenvalue weighted by molar-refractivity contribution is 7.92. The van der Waals surface area contributed by atoms with Gasteiger partial charge in [-0.1, -0.05) is 66.2 Å². The van der Waals surface area contributed by atoms with Crippen molar-refractivity contribution in [2.45, 2.75) is 32.2 Å². The van der Waals surface area contributed by atoms with Crippen LogP contribution in [0.25, 0.3) is 0 Å². The van der Waals surface area contributed by atoms with Crippen molar-refractivity contribution < 1.29 is 8.42 Å². The predicted octanol–water partition coefficient (Wildman–Crippen LogP) is 5.01. The summed E-state index contributed by atoms with van der Waals surface area (Å²) < 4.78 is 28.7. The summed E-state index contributed by atoms with van der Waals surface area (Å²) in [6.45, 7) is 5.99. The number of hydrogen-bond donors (Lipinski definition) is 0. The SMILES string of the molecule is Cc1cc(C)c(S(=O)(=O)N(Cc2ccccc2)c2ccccc2)c(C)c1. The van der Waals surface area contributed by atoms with Gasteiger partial charge in [-0.3, -0.25) is 4.31 Å². The van der Waals surface area contributed by atoms with E-state index in [0.717, 1.165) is 22.3 Å². The lowest BCUT2D eigenvalue weighted by molar-refractivity contribution is 0.589. The Bertz CT molecular complexity index is 974. The molecule has 3 aromatic carbocycles. The second-order valence-corrected chi connectivity index (χ2v) is 8.36. The zero-order valence-corrected chi connectivity index (χ0v) is 16.1. The van der Waals surface area contributed by atoms with E-state index in [1.165, 1.54) is 4.31 Å². The summed E-state index contributed by atoms with van der Waals surface area (Å²) >= 11 is 0. The first kappa shape index (κ1) is 18.2. The van der Waals surface area contributed by atoms with Crippen LogP contribution >= 0.6 is 0 Å². The standard InChI is InChI=1S/C22H23NO2S/c1-17-14-18(2)22(19(3)15-17)26(24,25)23(21-12-8-5-9-13-21)16-20-10-6-4-7-11-20/h4-15H,16H2,1-3H3. The molecule has 0 bridgehead atoms. The lowest BCUT2D eigenvalue weighted by Gasteiger charge is -2.26. The molecule has 0 amide bonds. The highest BCUT2D eigenvalue weighted by atomic mass is 32.2. The molecule has 0 heterocycles. The number of anilines is 1. The van der Waals surface area contributed by atoms with Crippen LogP contribution < -0.4 is 4.31 Å². The third-order valence-electron chi connectivity index (χ3n) is 4.37. The van der Waals surface area contributed by atoms with Crippen LogP contribution in [0.1, 0.15) is 22.3 Å². The fraction of sp³-hybridized carbons (Fsp3) is 0.182. The minimum Gasteiger partial charge on any atom is -0.262 e. The molecule has 0 saturated carbocycles. The van der Waals surface area contributed by atoms with Crippen molar-refractivity contribution in [3.63, 3.8) is 0 Å². The van der Waals surface area contributed by atoms with E-state index >= 15 is 0 Å². The Balaban J connectivity index is 2.15. The molecule has 0 unspecified atom stereocenters. The average molecular weight is 365 g/mol. The van der Waals surface area contributed by atoms with Crippen LogP contribution in [0, 0.1) is 20.8 Å². The van der Waals surface area contributed by atoms with Crippen LogP contribution in [0.5, 0.6) is 0 Å². The van der Waals surface area contributed by atoms with Crippen LogP contribution in [-0.2, 0) is 16.6 Å². The zero-order chi connectivity index (χ0) is 18.7. The van der Waals surface area contributed by atoms with E-state index in [2.05, 4.69) is 0 Å².